The molecule has 0 unspecified atom stereocenters. The van der Waals surface area contributed by atoms with Gasteiger partial charge >= 0.3 is 6.18 Å². The summed E-state index contributed by atoms with van der Waals surface area (Å²) in [5, 5.41) is 13.1. The topological polar surface area (TPSA) is 90.9 Å². The average molecular weight is 321 g/mol. The van der Waals surface area contributed by atoms with Crippen LogP contribution in [0.5, 0.6) is 0 Å². The van der Waals surface area contributed by atoms with Crippen molar-refractivity contribution in [1.29, 1.82) is 5.26 Å². The van der Waals surface area contributed by atoms with E-state index in [1.54, 1.807) is 0 Å². The largest absolute Gasteiger partial charge is 0.418 e. The summed E-state index contributed by atoms with van der Waals surface area (Å²) in [6.45, 7) is 1.23. The van der Waals surface area contributed by atoms with Crippen LogP contribution in [-0.2, 0) is 11.0 Å². The van der Waals surface area contributed by atoms with Crippen LogP contribution in [0.1, 0.15) is 18.9 Å². The molecule has 0 saturated carbocycles. The summed E-state index contributed by atoms with van der Waals surface area (Å²) in [5.74, 6) is -0.606. The summed E-state index contributed by atoms with van der Waals surface area (Å²) in [6.07, 6.45) is -4.62. The maximum Gasteiger partial charge on any atom is 0.418 e. The number of carbonyl (C=O) groups is 1. The summed E-state index contributed by atoms with van der Waals surface area (Å²) in [6, 6.07) is 2.59. The van der Waals surface area contributed by atoms with Crippen LogP contribution in [0.25, 0.3) is 0 Å². The lowest BCUT2D eigenvalue weighted by molar-refractivity contribution is -0.136. The van der Waals surface area contributed by atoms with Gasteiger partial charge < -0.3 is 16.4 Å². The van der Waals surface area contributed by atoms with Crippen molar-refractivity contribution in [2.45, 2.75) is 19.5 Å². The molecule has 4 N–H and O–H groups in total. The van der Waals surface area contributed by atoms with Crippen LogP contribution in [0.4, 0.5) is 30.2 Å². The molecule has 1 aromatic carbocycles. The Bertz CT molecular complexity index is 596. The zero-order valence-electron chi connectivity index (χ0n) is 10.9. The fourth-order valence-corrected chi connectivity index (χ4v) is 1.86. The Kier molecular flexibility index (Phi) is 5.27. The van der Waals surface area contributed by atoms with E-state index in [-0.39, 0.29) is 29.4 Å². The molecule has 0 heterocycles. The number of nitriles is 1. The van der Waals surface area contributed by atoms with E-state index in [9.17, 15) is 18.0 Å². The number of hydrogen-bond donors (Lipinski definition) is 3. The highest BCUT2D eigenvalue weighted by Crippen LogP contribution is 2.44. The Hall–Kier alpha value is -2.14. The molecule has 9 heteroatoms. The summed E-state index contributed by atoms with van der Waals surface area (Å²) in [4.78, 5) is 11.1. The van der Waals surface area contributed by atoms with Crippen molar-refractivity contribution in [3.05, 3.63) is 16.7 Å². The van der Waals surface area contributed by atoms with Gasteiger partial charge in [0.05, 0.1) is 40.1 Å². The second kappa shape index (κ2) is 6.54. The minimum atomic E-state index is -4.70. The first kappa shape index (κ1) is 16.9. The van der Waals surface area contributed by atoms with E-state index >= 15 is 0 Å². The monoisotopic (exact) mass is 320 g/mol. The lowest BCUT2D eigenvalue weighted by Gasteiger charge is -2.19. The molecular weight excluding hydrogens is 309 g/mol. The van der Waals surface area contributed by atoms with Crippen molar-refractivity contribution in [2.75, 3.05) is 22.9 Å². The van der Waals surface area contributed by atoms with Crippen molar-refractivity contribution >= 4 is 34.6 Å². The maximum absolute atomic E-state index is 13.0. The van der Waals surface area contributed by atoms with Crippen molar-refractivity contribution in [3.8, 4) is 6.07 Å². The van der Waals surface area contributed by atoms with E-state index in [1.807, 2.05) is 6.07 Å². The lowest BCUT2D eigenvalue weighted by atomic mass is 10.1. The minimum Gasteiger partial charge on any atom is -0.397 e. The quantitative estimate of drug-likeness (QED) is 0.587. The molecular formula is C12H12ClF3N4O. The van der Waals surface area contributed by atoms with E-state index in [2.05, 4.69) is 10.6 Å². The summed E-state index contributed by atoms with van der Waals surface area (Å²) >= 11 is 5.95. The van der Waals surface area contributed by atoms with Gasteiger partial charge in [0.2, 0.25) is 5.91 Å². The molecule has 1 aromatic rings. The van der Waals surface area contributed by atoms with E-state index in [0.717, 1.165) is 13.0 Å². The summed E-state index contributed by atoms with van der Waals surface area (Å²) in [5.41, 5.74) is 3.30. The standard InChI is InChI=1S/C12H12ClF3N4O/c1-6(21)20-11-9(13)8(19-4-2-3-17)5-7(10(11)18)12(14,15)16/h5,19H,2,4,18H2,1H3,(H,20,21). The number of nitrogens with one attached hydrogen (secondary N) is 2. The number of nitrogens with zero attached hydrogens (tertiary/aromatic N) is 1. The van der Waals surface area contributed by atoms with Gasteiger partial charge in [-0.3, -0.25) is 4.79 Å². The maximum atomic E-state index is 13.0. The van der Waals surface area contributed by atoms with Crippen LogP contribution < -0.4 is 16.4 Å². The molecule has 0 saturated heterocycles. The molecule has 0 aromatic heterocycles. The predicted molar refractivity (Wildman–Crippen MR) is 73.9 cm³/mol. The Morgan fingerprint density at radius 3 is 2.62 bits per heavy atom. The number of nitrogen functional groups attached to an aromatic ring is 1. The third-order valence-corrected chi connectivity index (χ3v) is 2.86. The fraction of sp³-hybridized carbons (Fsp3) is 0.333. The lowest BCUT2D eigenvalue weighted by Crippen LogP contribution is -2.16. The van der Waals surface area contributed by atoms with Crippen molar-refractivity contribution < 1.29 is 18.0 Å². The van der Waals surface area contributed by atoms with E-state index in [1.165, 1.54) is 0 Å². The second-order valence-corrected chi connectivity index (χ2v) is 4.47. The highest BCUT2D eigenvalue weighted by Gasteiger charge is 2.35. The van der Waals surface area contributed by atoms with Gasteiger partial charge in [-0.05, 0) is 6.07 Å². The zero-order chi connectivity index (χ0) is 16.2. The third-order valence-electron chi connectivity index (χ3n) is 2.46. The molecule has 0 aliphatic heterocycles. The first-order valence-corrected chi connectivity index (χ1v) is 6.13. The third kappa shape index (κ3) is 4.16. The highest BCUT2D eigenvalue weighted by molar-refractivity contribution is 6.37. The van der Waals surface area contributed by atoms with Crippen LogP contribution in [0.3, 0.4) is 0 Å². The number of amides is 1. The minimum absolute atomic E-state index is 0.0582. The number of anilines is 3. The number of benzene rings is 1. The molecule has 0 aliphatic carbocycles. The van der Waals surface area contributed by atoms with Crippen LogP contribution in [0.15, 0.2) is 6.07 Å². The fourth-order valence-electron chi connectivity index (χ4n) is 1.59. The van der Waals surface area contributed by atoms with Crippen LogP contribution in [0, 0.1) is 11.3 Å². The molecule has 0 radical (unpaired) electrons. The number of nitrogens with two attached hydrogens (primary N) is 1. The predicted octanol–water partition coefficient (Wildman–Crippen LogP) is 3.22. The molecule has 5 nitrogen and oxygen atoms in total. The average Bonchev–Trinajstić information content (AvgIpc) is 2.35. The summed E-state index contributed by atoms with van der Waals surface area (Å²) < 4.78 is 38.9. The molecule has 0 fully saturated rings. The van der Waals surface area contributed by atoms with Gasteiger partial charge in [-0.15, -0.1) is 0 Å². The van der Waals surface area contributed by atoms with Crippen LogP contribution in [-0.4, -0.2) is 12.5 Å². The first-order valence-electron chi connectivity index (χ1n) is 5.76. The van der Waals surface area contributed by atoms with Gasteiger partial charge in [-0.1, -0.05) is 11.6 Å². The van der Waals surface area contributed by atoms with Gasteiger partial charge in [0.15, 0.2) is 0 Å². The van der Waals surface area contributed by atoms with Crippen molar-refractivity contribution in [3.63, 3.8) is 0 Å². The number of alkyl halides is 3. The number of halogens is 4. The zero-order valence-corrected chi connectivity index (χ0v) is 11.7. The van der Waals surface area contributed by atoms with Crippen LogP contribution >= 0.6 is 11.6 Å². The Balaban J connectivity index is 3.38. The molecule has 1 rings (SSSR count). The Morgan fingerprint density at radius 2 is 2.14 bits per heavy atom. The molecule has 21 heavy (non-hydrogen) atoms. The molecule has 114 valence electrons. The highest BCUT2D eigenvalue weighted by atomic mass is 35.5. The van der Waals surface area contributed by atoms with E-state index < -0.39 is 23.3 Å². The summed E-state index contributed by atoms with van der Waals surface area (Å²) in [7, 11) is 0. The normalized spacial score (nSPS) is 10.9. The number of hydrogen-bond acceptors (Lipinski definition) is 4. The van der Waals surface area contributed by atoms with Gasteiger partial charge in [0, 0.05) is 13.5 Å². The Morgan fingerprint density at radius 1 is 1.52 bits per heavy atom. The number of rotatable bonds is 4. The van der Waals surface area contributed by atoms with Crippen LogP contribution in [0.2, 0.25) is 5.02 Å². The first-order chi connectivity index (χ1) is 9.68. The van der Waals surface area contributed by atoms with Crippen molar-refractivity contribution in [1.82, 2.24) is 0 Å². The van der Waals surface area contributed by atoms with Crippen molar-refractivity contribution in [2.24, 2.45) is 0 Å². The van der Waals surface area contributed by atoms with Gasteiger partial charge in [0.25, 0.3) is 0 Å². The molecule has 0 bridgehead atoms. The molecule has 0 spiro atoms. The van der Waals surface area contributed by atoms with Gasteiger partial charge in [0.1, 0.15) is 0 Å². The molecule has 0 atom stereocenters. The molecule has 1 amide bonds. The van der Waals surface area contributed by atoms with E-state index in [0.29, 0.717) is 0 Å². The van der Waals surface area contributed by atoms with Gasteiger partial charge in [-0.2, -0.15) is 18.4 Å². The smallest absolute Gasteiger partial charge is 0.397 e. The van der Waals surface area contributed by atoms with E-state index in [4.69, 9.17) is 22.6 Å². The second-order valence-electron chi connectivity index (χ2n) is 4.09. The van der Waals surface area contributed by atoms with Gasteiger partial charge in [-0.25, -0.2) is 0 Å². The SMILES string of the molecule is CC(=O)Nc1c(N)c(C(F)(F)F)cc(NCCC#N)c1Cl. The molecule has 0 aliphatic rings. The Labute approximate surface area is 123 Å². The number of carbonyl (C=O) groups excluding carboxylic acids is 1.